The van der Waals surface area contributed by atoms with Gasteiger partial charge in [0.1, 0.15) is 12.4 Å². The molecule has 0 saturated carbocycles. The van der Waals surface area contributed by atoms with Crippen LogP contribution >= 0.6 is 34.8 Å². The molecule has 0 aliphatic rings. The molecule has 21 heavy (non-hydrogen) atoms. The molecule has 0 saturated heterocycles. The van der Waals surface area contributed by atoms with Crippen LogP contribution in [0.15, 0.2) is 48.5 Å². The third-order valence-corrected chi connectivity index (χ3v) is 3.23. The largest absolute Gasteiger partial charge is 0.492 e. The molecule has 112 valence electrons. The maximum Gasteiger partial charge on any atom is 0.252 e. The molecule has 0 fully saturated rings. The summed E-state index contributed by atoms with van der Waals surface area (Å²) >= 11 is 16.4. The van der Waals surface area contributed by atoms with Crippen LogP contribution in [-0.4, -0.2) is 18.4 Å². The number of hydrogen-bond acceptors (Lipinski definition) is 3. The molecule has 0 aliphatic heterocycles. The molecule has 3 nitrogen and oxygen atoms in total. The van der Waals surface area contributed by atoms with Gasteiger partial charge in [-0.05, 0) is 41.9 Å². The van der Waals surface area contributed by atoms with Gasteiger partial charge in [-0.3, -0.25) is 4.79 Å². The van der Waals surface area contributed by atoms with Gasteiger partial charge in [0.25, 0.3) is 5.24 Å². The zero-order valence-corrected chi connectivity index (χ0v) is 13.3. The number of benzene rings is 2. The molecule has 2 rings (SSSR count). The van der Waals surface area contributed by atoms with E-state index < -0.39 is 5.24 Å². The maximum absolute atomic E-state index is 10.6. The monoisotopic (exact) mass is 345 g/mol. The van der Waals surface area contributed by atoms with Gasteiger partial charge in [-0.25, -0.2) is 0 Å². The van der Waals surface area contributed by atoms with Crippen molar-refractivity contribution in [2.45, 2.75) is 0 Å². The molecule has 0 spiro atoms. The summed E-state index contributed by atoms with van der Waals surface area (Å²) in [6, 6.07) is 14.1. The molecule has 2 aromatic rings. The van der Waals surface area contributed by atoms with E-state index in [0.29, 0.717) is 28.8 Å². The smallest absolute Gasteiger partial charge is 0.252 e. The lowest BCUT2D eigenvalue weighted by Gasteiger charge is -2.01. The van der Waals surface area contributed by atoms with Gasteiger partial charge in [0, 0.05) is 12.1 Å². The fraction of sp³-hybridized carbons (Fsp3) is 0.133. The van der Waals surface area contributed by atoms with Crippen LogP contribution in [0.3, 0.4) is 0 Å². The van der Waals surface area contributed by atoms with Gasteiger partial charge in [0.15, 0.2) is 0 Å². The van der Waals surface area contributed by atoms with Crippen LogP contribution in [0.25, 0.3) is 0 Å². The number of hydrogen-bond donors (Lipinski definition) is 1. The van der Waals surface area contributed by atoms with Crippen molar-refractivity contribution in [3.8, 4) is 5.75 Å². The average molecular weight is 347 g/mol. The normalized spacial score (nSPS) is 9.52. The van der Waals surface area contributed by atoms with Gasteiger partial charge in [-0.2, -0.15) is 0 Å². The minimum absolute atomic E-state index is 0.332. The quantitative estimate of drug-likeness (QED) is 0.835. The summed E-state index contributed by atoms with van der Waals surface area (Å²) in [6.07, 6.45) is 0. The summed E-state index contributed by atoms with van der Waals surface area (Å²) in [4.78, 5) is 10.6. The second kappa shape index (κ2) is 9.64. The molecule has 0 radical (unpaired) electrons. The Hall–Kier alpha value is -1.26. The standard InChI is InChI=1S/C8H11NO.C7H3Cl3O/c9-6-7-10-8-4-2-1-3-5-8;8-5-2-1-4(7(10)11)3-6(5)9/h1-5H,6-7,9H2;1-3H. The highest BCUT2D eigenvalue weighted by atomic mass is 35.5. The number of ether oxygens (including phenoxy) is 1. The molecule has 0 aromatic heterocycles. The zero-order chi connectivity index (χ0) is 15.7. The number of nitrogens with two attached hydrogens (primary N) is 1. The van der Waals surface area contributed by atoms with Crippen LogP contribution in [0.4, 0.5) is 0 Å². The topological polar surface area (TPSA) is 52.3 Å². The maximum atomic E-state index is 10.6. The third kappa shape index (κ3) is 6.82. The molecular weight excluding hydrogens is 333 g/mol. The number of halogens is 3. The number of para-hydroxylation sites is 1. The van der Waals surface area contributed by atoms with Gasteiger partial charge < -0.3 is 10.5 Å². The fourth-order valence-electron chi connectivity index (χ4n) is 1.31. The van der Waals surface area contributed by atoms with Crippen molar-refractivity contribution in [3.63, 3.8) is 0 Å². The molecule has 0 heterocycles. The first-order valence-corrected chi connectivity index (χ1v) is 7.20. The van der Waals surface area contributed by atoms with E-state index in [1.807, 2.05) is 30.3 Å². The lowest BCUT2D eigenvalue weighted by molar-refractivity contribution is 0.108. The van der Waals surface area contributed by atoms with Crippen molar-refractivity contribution in [2.24, 2.45) is 5.73 Å². The van der Waals surface area contributed by atoms with Crippen molar-refractivity contribution < 1.29 is 9.53 Å². The van der Waals surface area contributed by atoms with Crippen molar-refractivity contribution >= 4 is 40.0 Å². The van der Waals surface area contributed by atoms with Crippen LogP contribution in [0.2, 0.25) is 10.0 Å². The van der Waals surface area contributed by atoms with E-state index in [-0.39, 0.29) is 0 Å². The van der Waals surface area contributed by atoms with E-state index in [0.717, 1.165) is 5.75 Å². The van der Waals surface area contributed by atoms with E-state index >= 15 is 0 Å². The fourth-order valence-corrected chi connectivity index (χ4v) is 1.73. The molecule has 0 bridgehead atoms. The van der Waals surface area contributed by atoms with Crippen LogP contribution in [0.5, 0.6) is 5.75 Å². The van der Waals surface area contributed by atoms with Gasteiger partial charge in [0.05, 0.1) is 10.0 Å². The van der Waals surface area contributed by atoms with E-state index in [4.69, 9.17) is 45.3 Å². The molecule has 0 amide bonds. The number of rotatable bonds is 4. The minimum Gasteiger partial charge on any atom is -0.492 e. The van der Waals surface area contributed by atoms with E-state index in [1.165, 1.54) is 18.2 Å². The first-order valence-electron chi connectivity index (χ1n) is 6.07. The van der Waals surface area contributed by atoms with Gasteiger partial charge in [-0.15, -0.1) is 0 Å². The predicted octanol–water partition coefficient (Wildman–Crippen LogP) is 4.40. The molecule has 0 aliphatic carbocycles. The van der Waals surface area contributed by atoms with Crippen LogP contribution in [0, 0.1) is 0 Å². The SMILES string of the molecule is NCCOc1ccccc1.O=C(Cl)c1ccc(Cl)c(Cl)c1. The van der Waals surface area contributed by atoms with Crippen LogP contribution in [-0.2, 0) is 0 Å². The van der Waals surface area contributed by atoms with Crippen LogP contribution < -0.4 is 10.5 Å². The predicted molar refractivity (Wildman–Crippen MR) is 87.6 cm³/mol. The summed E-state index contributed by atoms with van der Waals surface area (Å²) in [5, 5.41) is 0.204. The van der Waals surface area contributed by atoms with E-state index in [2.05, 4.69) is 0 Å². The average Bonchev–Trinajstić information content (AvgIpc) is 2.49. The Bertz CT molecular complexity index is 576. The summed E-state index contributed by atoms with van der Waals surface area (Å²) < 4.78 is 5.23. The summed E-state index contributed by atoms with van der Waals surface area (Å²) in [6.45, 7) is 1.15. The Kier molecular flexibility index (Phi) is 8.16. The van der Waals surface area contributed by atoms with E-state index in [1.54, 1.807) is 0 Å². The summed E-state index contributed by atoms with van der Waals surface area (Å²) in [5.74, 6) is 0.882. The lowest BCUT2D eigenvalue weighted by Crippen LogP contribution is -2.10. The molecule has 0 unspecified atom stereocenters. The van der Waals surface area contributed by atoms with Crippen LogP contribution in [0.1, 0.15) is 10.4 Å². The molecule has 2 aromatic carbocycles. The molecule has 2 N–H and O–H groups in total. The summed E-state index contributed by atoms with van der Waals surface area (Å²) in [7, 11) is 0. The molecule has 6 heteroatoms. The lowest BCUT2D eigenvalue weighted by atomic mass is 10.2. The van der Waals surface area contributed by atoms with Crippen molar-refractivity contribution in [3.05, 3.63) is 64.1 Å². The Morgan fingerprint density at radius 1 is 1.05 bits per heavy atom. The Labute approximate surface area is 138 Å². The van der Waals surface area contributed by atoms with Crippen molar-refractivity contribution in [1.82, 2.24) is 0 Å². The highest BCUT2D eigenvalue weighted by molar-refractivity contribution is 6.67. The highest BCUT2D eigenvalue weighted by Gasteiger charge is 2.03. The zero-order valence-electron chi connectivity index (χ0n) is 11.1. The third-order valence-electron chi connectivity index (χ3n) is 2.28. The summed E-state index contributed by atoms with van der Waals surface area (Å²) in [5.41, 5.74) is 5.60. The first-order chi connectivity index (χ1) is 10.0. The second-order valence-corrected chi connectivity index (χ2v) is 5.01. The molecule has 0 atom stereocenters. The molecular formula is C15H14Cl3NO2. The first kappa shape index (κ1) is 17.8. The Morgan fingerprint density at radius 3 is 2.24 bits per heavy atom. The van der Waals surface area contributed by atoms with Gasteiger partial charge >= 0.3 is 0 Å². The minimum atomic E-state index is -0.538. The number of carbonyl (C=O) groups is 1. The second-order valence-electron chi connectivity index (χ2n) is 3.85. The van der Waals surface area contributed by atoms with E-state index in [9.17, 15) is 4.79 Å². The van der Waals surface area contributed by atoms with Gasteiger partial charge in [-0.1, -0.05) is 41.4 Å². The van der Waals surface area contributed by atoms with Gasteiger partial charge in [0.2, 0.25) is 0 Å². The Morgan fingerprint density at radius 2 is 1.71 bits per heavy atom. The highest BCUT2D eigenvalue weighted by Crippen LogP contribution is 2.23. The van der Waals surface area contributed by atoms with Crippen molar-refractivity contribution in [2.75, 3.05) is 13.2 Å². The number of carbonyl (C=O) groups excluding carboxylic acids is 1. The van der Waals surface area contributed by atoms with Crippen molar-refractivity contribution in [1.29, 1.82) is 0 Å². The Balaban J connectivity index is 0.000000211.